The predicted molar refractivity (Wildman–Crippen MR) is 391 cm³/mol. The van der Waals surface area contributed by atoms with Crippen molar-refractivity contribution in [3.8, 4) is 0 Å². The number of alkyl halides is 3. The van der Waals surface area contributed by atoms with Gasteiger partial charge in [-0.2, -0.15) is 0 Å². The number of benzene rings is 6. The van der Waals surface area contributed by atoms with Crippen LogP contribution in [0.25, 0.3) is 36.5 Å². The average molecular weight is 1340 g/mol. The summed E-state index contributed by atoms with van der Waals surface area (Å²) < 4.78 is 0. The molecule has 0 aromatic heterocycles. The Balaban J connectivity index is -0.000000998. The number of hydrogen-bond acceptors (Lipinski definition) is 10. The van der Waals surface area contributed by atoms with Crippen LogP contribution in [-0.4, -0.2) is 90.6 Å². The third-order valence-corrected chi connectivity index (χ3v) is 12.5. The number of halogens is 3. The largest absolute Gasteiger partial charge is 0.481 e. The molecular formula is C74H95Cl3N4O12. The lowest BCUT2D eigenvalue weighted by Gasteiger charge is -2.05. The molecule has 93 heavy (non-hydrogen) atoms. The predicted octanol–water partition coefficient (Wildman–Crippen LogP) is 17.9. The highest BCUT2D eigenvalue weighted by Gasteiger charge is 2.01. The van der Waals surface area contributed by atoms with Crippen LogP contribution in [0.1, 0.15) is 134 Å². The van der Waals surface area contributed by atoms with Gasteiger partial charge in [-0.1, -0.05) is 179 Å². The molecule has 0 radical (unpaired) electrons. The molecule has 0 heterocycles. The lowest BCUT2D eigenvalue weighted by atomic mass is 10.0. The normalized spacial score (nSPS) is 9.28. The van der Waals surface area contributed by atoms with E-state index in [4.69, 9.17) is 82.6 Å². The lowest BCUT2D eigenvalue weighted by Crippen LogP contribution is -2.04. The Morgan fingerprint density at radius 3 is 0.839 bits per heavy atom. The molecule has 0 atom stereocenters. The van der Waals surface area contributed by atoms with Gasteiger partial charge in [0.15, 0.2) is 0 Å². The van der Waals surface area contributed by atoms with Crippen LogP contribution < -0.4 is 22.5 Å². The maximum absolute atomic E-state index is 10.3. The van der Waals surface area contributed by atoms with Crippen molar-refractivity contribution < 1.29 is 59.4 Å². The summed E-state index contributed by atoms with van der Waals surface area (Å²) in [5, 5.41) is 52.4. The number of hydrogen-bond donors (Lipinski definition) is 10. The van der Waals surface area contributed by atoms with Crippen LogP contribution in [0.4, 0.5) is 22.7 Å². The van der Waals surface area contributed by atoms with E-state index in [0.717, 1.165) is 94.7 Å². The molecule has 16 nitrogen and oxygen atoms in total. The van der Waals surface area contributed by atoms with Crippen molar-refractivity contribution in [2.24, 2.45) is 0 Å². The minimum absolute atomic E-state index is 0.0571. The van der Waals surface area contributed by atoms with Gasteiger partial charge >= 0.3 is 35.8 Å². The van der Waals surface area contributed by atoms with Crippen LogP contribution in [0.2, 0.25) is 0 Å². The van der Waals surface area contributed by atoms with E-state index in [-0.39, 0.29) is 44.4 Å². The second-order valence-electron chi connectivity index (χ2n) is 19.5. The molecule has 0 saturated heterocycles. The van der Waals surface area contributed by atoms with Crippen molar-refractivity contribution in [2.75, 3.05) is 46.7 Å². The van der Waals surface area contributed by atoms with E-state index in [1.165, 1.54) is 11.1 Å². The lowest BCUT2D eigenvalue weighted by molar-refractivity contribution is -0.138. The molecule has 0 saturated carbocycles. The Bertz CT molecular complexity index is 2900. The number of carboxylic acids is 6. The smallest absolute Gasteiger partial charge is 0.304 e. The summed E-state index contributed by atoms with van der Waals surface area (Å²) in [4.78, 5) is 59.9. The van der Waals surface area contributed by atoms with Crippen LogP contribution >= 0.6 is 34.8 Å². The number of unbranched alkanes of at least 4 members (excludes halogenated alkanes) is 3. The van der Waals surface area contributed by atoms with Gasteiger partial charge in [0.25, 0.3) is 0 Å². The SMILES string of the molecule is C=Cc1ccc(CCCC(=O)O)cc1.C=Cc1ccc(CCCCCC(=O)O)cc1.C=Cc1ccc(N)cc1.C=Cc1ccc(N)cc1.C=Cc1ccc(N)cc1.C=Cc1ccc(NCCCC(=O)O)cc1.O=C(O)CCCCCl.O=C(O)CCCCl.O=C(O)CCCl. The molecule has 0 aliphatic carbocycles. The molecule has 0 fully saturated rings. The first-order valence-corrected chi connectivity index (χ1v) is 31.4. The summed E-state index contributed by atoms with van der Waals surface area (Å²) in [6, 6.07) is 46.9. The first kappa shape index (κ1) is 87.9. The summed E-state index contributed by atoms with van der Waals surface area (Å²) in [6.45, 7) is 22.6. The van der Waals surface area contributed by atoms with Crippen LogP contribution in [0.3, 0.4) is 0 Å². The molecule has 0 bridgehead atoms. The van der Waals surface area contributed by atoms with Gasteiger partial charge < -0.3 is 53.2 Å². The molecule has 504 valence electrons. The van der Waals surface area contributed by atoms with Gasteiger partial charge in [0.05, 0.1) is 6.42 Å². The summed E-state index contributed by atoms with van der Waals surface area (Å²) in [5.74, 6) is -3.34. The molecular weight excluding hydrogens is 1240 g/mol. The van der Waals surface area contributed by atoms with E-state index in [2.05, 4.69) is 69.1 Å². The van der Waals surface area contributed by atoms with Crippen LogP contribution in [0.15, 0.2) is 185 Å². The molecule has 19 heteroatoms. The van der Waals surface area contributed by atoms with E-state index >= 15 is 0 Å². The topological polar surface area (TPSA) is 314 Å². The van der Waals surface area contributed by atoms with Crippen molar-refractivity contribution >= 4 is 130 Å². The number of anilines is 4. The number of carboxylic acid groups (broad SMARTS) is 6. The fourth-order valence-electron chi connectivity index (χ4n) is 6.64. The van der Waals surface area contributed by atoms with Gasteiger partial charge in [-0.15, -0.1) is 34.8 Å². The van der Waals surface area contributed by atoms with Crippen molar-refractivity contribution in [3.63, 3.8) is 0 Å². The number of carbonyl (C=O) groups is 6. The molecule has 0 amide bonds. The number of aryl methyl sites for hydroxylation is 2. The van der Waals surface area contributed by atoms with Gasteiger partial charge in [-0.05, 0) is 151 Å². The Morgan fingerprint density at radius 2 is 0.570 bits per heavy atom. The average Bonchev–Trinajstić information content (AvgIpc) is 3.76. The zero-order chi connectivity index (χ0) is 70.5. The molecule has 0 aliphatic heterocycles. The zero-order valence-corrected chi connectivity index (χ0v) is 55.5. The number of nitrogens with two attached hydrogens (primary N) is 3. The van der Waals surface area contributed by atoms with Crippen molar-refractivity contribution in [3.05, 3.63) is 230 Å². The Morgan fingerprint density at radius 1 is 0.312 bits per heavy atom. The molecule has 0 unspecified atom stereocenters. The van der Waals surface area contributed by atoms with Crippen molar-refractivity contribution in [1.82, 2.24) is 0 Å². The molecule has 6 aromatic carbocycles. The summed E-state index contributed by atoms with van der Waals surface area (Å²) >= 11 is 15.5. The number of rotatable bonds is 30. The summed E-state index contributed by atoms with van der Waals surface area (Å²) in [5.41, 5.74) is 28.8. The third kappa shape index (κ3) is 58.8. The van der Waals surface area contributed by atoms with Gasteiger partial charge in [0.2, 0.25) is 0 Å². The van der Waals surface area contributed by atoms with Gasteiger partial charge in [0.1, 0.15) is 0 Å². The van der Waals surface area contributed by atoms with Crippen LogP contribution in [-0.2, 0) is 41.6 Å². The zero-order valence-electron chi connectivity index (χ0n) is 53.2. The molecule has 0 aliphatic rings. The Kier molecular flexibility index (Phi) is 56.9. The fourth-order valence-corrected chi connectivity index (χ4v) is 7.13. The third-order valence-electron chi connectivity index (χ3n) is 11.8. The van der Waals surface area contributed by atoms with E-state index in [9.17, 15) is 28.8 Å². The van der Waals surface area contributed by atoms with E-state index in [1.54, 1.807) is 30.4 Å². The Hall–Kier alpha value is -9.35. The maximum atomic E-state index is 10.3. The monoisotopic (exact) mass is 1340 g/mol. The van der Waals surface area contributed by atoms with Gasteiger partial charge in [-0.25, -0.2) is 0 Å². The van der Waals surface area contributed by atoms with E-state index in [1.807, 2.05) is 127 Å². The number of nitrogens with one attached hydrogen (secondary N) is 1. The first-order chi connectivity index (χ1) is 44.4. The summed E-state index contributed by atoms with van der Waals surface area (Å²) in [6.07, 6.45) is 20.1. The minimum Gasteiger partial charge on any atom is -0.481 e. The fraction of sp³-hybridized carbons (Fsp3) is 0.270. The maximum Gasteiger partial charge on any atom is 0.304 e. The highest BCUT2D eigenvalue weighted by Crippen LogP contribution is 2.13. The van der Waals surface area contributed by atoms with Crippen LogP contribution in [0, 0.1) is 0 Å². The molecule has 6 rings (SSSR count). The number of aliphatic carboxylic acids is 6. The minimum atomic E-state index is -0.843. The second-order valence-corrected chi connectivity index (χ2v) is 20.6. The van der Waals surface area contributed by atoms with Crippen molar-refractivity contribution in [1.29, 1.82) is 0 Å². The molecule has 6 aromatic rings. The van der Waals surface area contributed by atoms with E-state index < -0.39 is 35.8 Å². The summed E-state index contributed by atoms with van der Waals surface area (Å²) in [7, 11) is 0. The van der Waals surface area contributed by atoms with Gasteiger partial charge in [-0.3, -0.25) is 28.8 Å². The first-order valence-electron chi connectivity index (χ1n) is 29.8. The standard InChI is InChI=1S/C14H18O2.C12H15NO2.C12H14O2.3C8H9N.C5H9ClO2.C4H7ClO2.C3H5ClO2/c1-2-12-8-10-13(11-9-12)6-4-3-5-7-14(15)16;1-2-10-5-7-11(8-6-10)13-9-3-4-12(14)15;1-2-10-6-8-11(9-7-10)4-3-5-12(13)14;3*1-2-7-3-5-8(9)6-4-7;6-4-2-1-3-5(7)8;5-3-1-2-4(6)7;4-2-1-3(5)6/h2,8-11H,1,3-7H2,(H,15,16);2,5-8,13H,1,3-4,9H2,(H,14,15);2,6-9H,1,3-5H2,(H,13,14);3*2-6H,1,9H2;1-4H2,(H,7,8);1-3H2,(H,6,7);1-2H2,(H,5,6). The van der Waals surface area contributed by atoms with Gasteiger partial charge in [0, 0.05) is 79.0 Å². The second kappa shape index (κ2) is 60.2. The Labute approximate surface area is 565 Å². The van der Waals surface area contributed by atoms with E-state index in [0.29, 0.717) is 44.0 Å². The number of nitrogen functional groups attached to an aromatic ring is 3. The van der Waals surface area contributed by atoms with Crippen molar-refractivity contribution in [2.45, 2.75) is 103 Å². The highest BCUT2D eigenvalue weighted by molar-refractivity contribution is 6.18. The van der Waals surface area contributed by atoms with Crippen LogP contribution in [0.5, 0.6) is 0 Å². The molecule has 13 N–H and O–H groups in total. The molecule has 0 spiro atoms. The quantitative estimate of drug-likeness (QED) is 0.0114. The highest BCUT2D eigenvalue weighted by atomic mass is 35.5.